The van der Waals surface area contributed by atoms with Crippen LogP contribution in [0, 0.1) is 22.7 Å². The highest BCUT2D eigenvalue weighted by Crippen LogP contribution is 2.68. The molecule has 0 aromatic heterocycles. The molecule has 0 bridgehead atoms. The molecule has 298 valence electrons. The van der Waals surface area contributed by atoms with Gasteiger partial charge in [-0.3, -0.25) is 0 Å². The lowest BCUT2D eigenvalue weighted by Crippen LogP contribution is -2.67. The molecule has 7 rings (SSSR count). The minimum atomic E-state index is -0.937. The Labute approximate surface area is 335 Å². The fourth-order valence-corrected chi connectivity index (χ4v) is 10.1. The van der Waals surface area contributed by atoms with E-state index < -0.39 is 52.0 Å². The van der Waals surface area contributed by atoms with Gasteiger partial charge in [0.2, 0.25) is 0 Å². The average Bonchev–Trinajstić information content (AvgIpc) is 3.64. The van der Waals surface area contributed by atoms with Gasteiger partial charge in [-0.05, 0) is 98.9 Å². The molecule has 2 saturated carbocycles. The zero-order valence-corrected chi connectivity index (χ0v) is 33.0. The van der Waals surface area contributed by atoms with Gasteiger partial charge >= 0.3 is 23.9 Å². The van der Waals surface area contributed by atoms with Crippen LogP contribution in [0.2, 0.25) is 0 Å². The second-order valence-electron chi connectivity index (χ2n) is 16.6. The van der Waals surface area contributed by atoms with Gasteiger partial charge in [0.15, 0.2) is 0 Å². The molecule has 4 aromatic rings. The number of carbonyl (C=O) groups is 4. The first-order chi connectivity index (χ1) is 27.5. The minimum absolute atomic E-state index is 0.0118. The van der Waals surface area contributed by atoms with Crippen molar-refractivity contribution in [1.29, 1.82) is 0 Å². The van der Waals surface area contributed by atoms with Crippen molar-refractivity contribution in [2.24, 2.45) is 22.7 Å². The number of fused-ring (bicyclic) bond motifs is 2. The predicted molar refractivity (Wildman–Crippen MR) is 214 cm³/mol. The second-order valence-corrected chi connectivity index (χ2v) is 16.6. The predicted octanol–water partition coefficient (Wildman–Crippen LogP) is 9.31. The molecule has 1 spiro atoms. The van der Waals surface area contributed by atoms with Crippen LogP contribution in [0.3, 0.4) is 0 Å². The average molecular weight is 773 g/mol. The van der Waals surface area contributed by atoms with E-state index in [0.29, 0.717) is 54.4 Å². The normalized spacial score (nSPS) is 29.1. The fraction of sp³-hybridized carbons (Fsp3) is 0.417. The van der Waals surface area contributed by atoms with Gasteiger partial charge in [-0.25, -0.2) is 19.2 Å². The van der Waals surface area contributed by atoms with E-state index in [2.05, 4.69) is 20.8 Å². The third-order valence-electron chi connectivity index (χ3n) is 13.3. The molecule has 0 unspecified atom stereocenters. The summed E-state index contributed by atoms with van der Waals surface area (Å²) in [6, 6.07) is 35.6. The second kappa shape index (κ2) is 16.7. The molecular formula is C48H52O9. The Balaban J connectivity index is 1.18. The van der Waals surface area contributed by atoms with Gasteiger partial charge in [-0.15, -0.1) is 0 Å². The molecule has 1 heterocycles. The highest BCUT2D eigenvalue weighted by Gasteiger charge is 2.70. The van der Waals surface area contributed by atoms with Gasteiger partial charge in [0.1, 0.15) is 24.9 Å². The maximum Gasteiger partial charge on any atom is 0.338 e. The molecule has 2 aliphatic carbocycles. The van der Waals surface area contributed by atoms with Crippen LogP contribution in [0.5, 0.6) is 0 Å². The van der Waals surface area contributed by atoms with Gasteiger partial charge in [0.25, 0.3) is 0 Å². The van der Waals surface area contributed by atoms with Crippen LogP contribution in [0.25, 0.3) is 0 Å². The monoisotopic (exact) mass is 772 g/mol. The van der Waals surface area contributed by atoms with Gasteiger partial charge in [-0.1, -0.05) is 93.6 Å². The molecule has 3 fully saturated rings. The summed E-state index contributed by atoms with van der Waals surface area (Å²) in [4.78, 5) is 53.4. The van der Waals surface area contributed by atoms with Crippen LogP contribution in [0.15, 0.2) is 121 Å². The van der Waals surface area contributed by atoms with E-state index in [9.17, 15) is 19.2 Å². The van der Waals surface area contributed by atoms with E-state index in [1.54, 1.807) is 84.9 Å². The lowest BCUT2D eigenvalue weighted by Gasteiger charge is -2.65. The van der Waals surface area contributed by atoms with Crippen molar-refractivity contribution in [2.75, 3.05) is 19.8 Å². The third-order valence-corrected chi connectivity index (χ3v) is 13.3. The molecule has 4 aromatic carbocycles. The SMILES string of the molecule is C[C@@H]1CC[C@@H]2[C@](C)(COC(=O)c3ccccc3)[C@@H](OC(=O)c3ccccc3)CC[C@]2(C)[C@@]12CC[C@](CCOC(=O)c1ccccc1)(COC(=O)c1ccccc1)O2. The first-order valence-corrected chi connectivity index (χ1v) is 20.1. The van der Waals surface area contributed by atoms with E-state index in [4.69, 9.17) is 23.7 Å². The van der Waals surface area contributed by atoms with Crippen LogP contribution >= 0.6 is 0 Å². The summed E-state index contributed by atoms with van der Waals surface area (Å²) in [6.45, 7) is 6.72. The maximum absolute atomic E-state index is 13.6. The molecule has 9 nitrogen and oxygen atoms in total. The van der Waals surface area contributed by atoms with Crippen LogP contribution in [0.4, 0.5) is 0 Å². The molecule has 1 saturated heterocycles. The van der Waals surface area contributed by atoms with Crippen molar-refractivity contribution >= 4 is 23.9 Å². The fourth-order valence-electron chi connectivity index (χ4n) is 10.1. The summed E-state index contributed by atoms with van der Waals surface area (Å²) in [5.41, 5.74) is -1.02. The Morgan fingerprint density at radius 2 is 1.05 bits per heavy atom. The molecule has 57 heavy (non-hydrogen) atoms. The highest BCUT2D eigenvalue weighted by molar-refractivity contribution is 5.91. The lowest BCUT2D eigenvalue weighted by molar-refractivity contribution is -0.271. The maximum atomic E-state index is 13.6. The molecule has 0 radical (unpaired) electrons. The first-order valence-electron chi connectivity index (χ1n) is 20.1. The molecule has 0 amide bonds. The summed E-state index contributed by atoms with van der Waals surface area (Å²) in [5.74, 6) is -1.68. The summed E-state index contributed by atoms with van der Waals surface area (Å²) in [6.07, 6.45) is 3.92. The standard InChI is InChI=1S/C48H52O9/c1-34-24-25-39-45(2,32-54-42(50)36-18-10-5-11-19-36)40(56-44(52)38-22-14-7-15-23-38)26-27-46(39,3)48(34)29-28-47(57-48,33-55-43(51)37-20-12-6-13-21-37)30-31-53-41(49)35-16-8-4-9-17-35/h4-23,34,39-40H,24-33H2,1-3H3/t34-,39-,40+,45+,46+,47+,48-/m1/s1. The van der Waals surface area contributed by atoms with Crippen LogP contribution < -0.4 is 0 Å². The van der Waals surface area contributed by atoms with Crippen LogP contribution in [-0.4, -0.2) is 61.0 Å². The Morgan fingerprint density at radius 1 is 0.579 bits per heavy atom. The quantitative estimate of drug-likeness (QED) is 0.103. The molecule has 1 aliphatic heterocycles. The number of hydrogen-bond acceptors (Lipinski definition) is 9. The van der Waals surface area contributed by atoms with Crippen molar-refractivity contribution in [1.82, 2.24) is 0 Å². The molecule has 9 heteroatoms. The van der Waals surface area contributed by atoms with E-state index in [0.717, 1.165) is 12.8 Å². The Morgan fingerprint density at radius 3 is 1.58 bits per heavy atom. The highest BCUT2D eigenvalue weighted by atomic mass is 16.6. The Hall–Kier alpha value is -5.28. The molecular weight excluding hydrogens is 721 g/mol. The van der Waals surface area contributed by atoms with Crippen molar-refractivity contribution < 1.29 is 42.9 Å². The minimum Gasteiger partial charge on any atom is -0.462 e. The van der Waals surface area contributed by atoms with Gasteiger partial charge in [-0.2, -0.15) is 0 Å². The molecule has 7 atom stereocenters. The van der Waals surface area contributed by atoms with E-state index in [1.807, 2.05) is 36.4 Å². The van der Waals surface area contributed by atoms with E-state index >= 15 is 0 Å². The molecule has 0 N–H and O–H groups in total. The summed E-state index contributed by atoms with van der Waals surface area (Å²) in [7, 11) is 0. The summed E-state index contributed by atoms with van der Waals surface area (Å²) < 4.78 is 31.9. The smallest absolute Gasteiger partial charge is 0.338 e. The lowest BCUT2D eigenvalue weighted by atomic mass is 9.43. The number of carbonyl (C=O) groups excluding carboxylic acids is 4. The Bertz CT molecular complexity index is 2020. The van der Waals surface area contributed by atoms with Crippen molar-refractivity contribution in [3.8, 4) is 0 Å². The van der Waals surface area contributed by atoms with Crippen LogP contribution in [0.1, 0.15) is 107 Å². The van der Waals surface area contributed by atoms with Gasteiger partial charge in [0.05, 0.1) is 34.5 Å². The van der Waals surface area contributed by atoms with Gasteiger partial charge < -0.3 is 23.7 Å². The van der Waals surface area contributed by atoms with E-state index in [1.165, 1.54) is 0 Å². The zero-order chi connectivity index (χ0) is 40.1. The van der Waals surface area contributed by atoms with Gasteiger partial charge in [0, 0.05) is 17.3 Å². The van der Waals surface area contributed by atoms with Crippen molar-refractivity contribution in [3.63, 3.8) is 0 Å². The number of benzene rings is 4. The number of esters is 4. The van der Waals surface area contributed by atoms with Crippen molar-refractivity contribution in [2.45, 2.75) is 83.0 Å². The summed E-state index contributed by atoms with van der Waals surface area (Å²) >= 11 is 0. The molecule has 3 aliphatic rings. The number of ether oxygens (including phenoxy) is 5. The zero-order valence-electron chi connectivity index (χ0n) is 33.0. The Kier molecular flexibility index (Phi) is 11.7. The first kappa shape index (κ1) is 39.9. The number of hydrogen-bond donors (Lipinski definition) is 0. The summed E-state index contributed by atoms with van der Waals surface area (Å²) in [5, 5.41) is 0. The van der Waals surface area contributed by atoms with E-state index in [-0.39, 0.29) is 31.7 Å². The number of rotatable bonds is 12. The van der Waals surface area contributed by atoms with Crippen molar-refractivity contribution in [3.05, 3.63) is 144 Å². The van der Waals surface area contributed by atoms with Crippen LogP contribution in [-0.2, 0) is 23.7 Å². The largest absolute Gasteiger partial charge is 0.462 e. The topological polar surface area (TPSA) is 114 Å². The third kappa shape index (κ3) is 7.99.